The molecular formula is C27H30N2O2. The maximum atomic E-state index is 13.6. The molecule has 3 aromatic rings. The van der Waals surface area contributed by atoms with E-state index < -0.39 is 6.04 Å². The number of nitrogens with zero attached hydrogens (tertiary/aromatic N) is 1. The lowest BCUT2D eigenvalue weighted by Crippen LogP contribution is -2.50. The van der Waals surface area contributed by atoms with Crippen molar-refractivity contribution in [3.63, 3.8) is 0 Å². The van der Waals surface area contributed by atoms with E-state index in [0.717, 1.165) is 27.8 Å². The highest BCUT2D eigenvalue weighted by atomic mass is 16.2. The molecule has 1 atom stereocenters. The van der Waals surface area contributed by atoms with Gasteiger partial charge in [-0.25, -0.2) is 0 Å². The van der Waals surface area contributed by atoms with Gasteiger partial charge in [0.25, 0.3) is 0 Å². The van der Waals surface area contributed by atoms with Crippen molar-refractivity contribution in [1.29, 1.82) is 0 Å². The van der Waals surface area contributed by atoms with E-state index in [2.05, 4.69) is 11.4 Å². The van der Waals surface area contributed by atoms with Crippen molar-refractivity contribution >= 4 is 11.8 Å². The Kier molecular flexibility index (Phi) is 7.60. The molecule has 0 saturated carbocycles. The highest BCUT2D eigenvalue weighted by molar-refractivity contribution is 5.88. The van der Waals surface area contributed by atoms with Crippen LogP contribution in [0.2, 0.25) is 0 Å². The quantitative estimate of drug-likeness (QED) is 0.600. The molecule has 0 heterocycles. The van der Waals surface area contributed by atoms with E-state index in [9.17, 15) is 9.59 Å². The first-order valence-electron chi connectivity index (χ1n) is 10.6. The molecule has 3 rings (SSSR count). The van der Waals surface area contributed by atoms with Crippen molar-refractivity contribution < 1.29 is 9.59 Å². The fourth-order valence-corrected chi connectivity index (χ4v) is 3.76. The fraction of sp³-hybridized carbons (Fsp3) is 0.259. The summed E-state index contributed by atoms with van der Waals surface area (Å²) in [4.78, 5) is 28.2. The number of carbonyl (C=O) groups excluding carboxylic acids is 2. The van der Waals surface area contributed by atoms with Crippen LogP contribution in [0.15, 0.2) is 78.9 Å². The Balaban J connectivity index is 1.95. The van der Waals surface area contributed by atoms with Gasteiger partial charge in [-0.2, -0.15) is 0 Å². The third-order valence-corrected chi connectivity index (χ3v) is 5.56. The van der Waals surface area contributed by atoms with Crippen molar-refractivity contribution in [2.24, 2.45) is 0 Å². The maximum absolute atomic E-state index is 13.6. The average Bonchev–Trinajstić information content (AvgIpc) is 2.79. The summed E-state index contributed by atoms with van der Waals surface area (Å²) >= 11 is 0. The second-order valence-corrected chi connectivity index (χ2v) is 7.93. The Morgan fingerprint density at radius 1 is 0.871 bits per heavy atom. The number of carbonyl (C=O) groups is 2. The smallest absolute Gasteiger partial charge is 0.242 e. The van der Waals surface area contributed by atoms with E-state index in [-0.39, 0.29) is 18.2 Å². The van der Waals surface area contributed by atoms with Gasteiger partial charge in [-0.15, -0.1) is 0 Å². The summed E-state index contributed by atoms with van der Waals surface area (Å²) in [7, 11) is 1.62. The second kappa shape index (κ2) is 10.6. The lowest BCUT2D eigenvalue weighted by Gasteiger charge is -2.31. The van der Waals surface area contributed by atoms with Gasteiger partial charge in [0.2, 0.25) is 11.8 Å². The van der Waals surface area contributed by atoms with Crippen LogP contribution >= 0.6 is 0 Å². The molecule has 1 N–H and O–H groups in total. The molecule has 0 bridgehead atoms. The van der Waals surface area contributed by atoms with E-state index in [4.69, 9.17) is 0 Å². The average molecular weight is 415 g/mol. The molecule has 0 aliphatic rings. The Bertz CT molecular complexity index is 1020. The zero-order chi connectivity index (χ0) is 22.2. The molecule has 0 fully saturated rings. The predicted octanol–water partition coefficient (Wildman–Crippen LogP) is 4.23. The molecule has 0 aromatic heterocycles. The molecule has 0 spiro atoms. The molecule has 4 heteroatoms. The van der Waals surface area contributed by atoms with Crippen LogP contribution in [0, 0.1) is 13.8 Å². The second-order valence-electron chi connectivity index (χ2n) is 7.93. The van der Waals surface area contributed by atoms with E-state index in [1.807, 2.05) is 86.6 Å². The number of amides is 2. The predicted molar refractivity (Wildman–Crippen MR) is 125 cm³/mol. The van der Waals surface area contributed by atoms with Crippen molar-refractivity contribution in [1.82, 2.24) is 10.2 Å². The first-order chi connectivity index (χ1) is 15.0. The lowest BCUT2D eigenvalue weighted by molar-refractivity contribution is -0.140. The van der Waals surface area contributed by atoms with Crippen LogP contribution in [0.5, 0.6) is 0 Å². The number of likely N-dealkylation sites (N-methyl/N-ethyl adjacent to an activating group) is 1. The first kappa shape index (κ1) is 22.3. The minimum Gasteiger partial charge on any atom is -0.357 e. The topological polar surface area (TPSA) is 49.4 Å². The van der Waals surface area contributed by atoms with E-state index in [1.165, 1.54) is 0 Å². The summed E-state index contributed by atoms with van der Waals surface area (Å²) in [5.41, 5.74) is 5.22. The van der Waals surface area contributed by atoms with Crippen LogP contribution < -0.4 is 5.32 Å². The van der Waals surface area contributed by atoms with Crippen molar-refractivity contribution in [3.05, 3.63) is 107 Å². The summed E-state index contributed by atoms with van der Waals surface area (Å²) in [5, 5.41) is 2.76. The minimum atomic E-state index is -0.592. The van der Waals surface area contributed by atoms with Crippen LogP contribution in [0.4, 0.5) is 0 Å². The lowest BCUT2D eigenvalue weighted by atomic mass is 9.99. The van der Waals surface area contributed by atoms with Gasteiger partial charge >= 0.3 is 0 Å². The SMILES string of the molecule is CNC(=O)[C@H](Cc1ccccc1)N(Cc1ccccc1)C(=O)Cc1cc(C)ccc1C. The van der Waals surface area contributed by atoms with Gasteiger partial charge in [0.1, 0.15) is 6.04 Å². The molecule has 2 amide bonds. The highest BCUT2D eigenvalue weighted by Crippen LogP contribution is 2.18. The normalized spacial score (nSPS) is 11.6. The van der Waals surface area contributed by atoms with E-state index in [0.29, 0.717) is 13.0 Å². The summed E-state index contributed by atoms with van der Waals surface area (Å²) in [6.07, 6.45) is 0.731. The standard InChI is InChI=1S/C27H30N2O2/c1-20-14-15-21(2)24(16-20)18-26(30)29(19-23-12-8-5-9-13-23)25(27(31)28-3)17-22-10-6-4-7-11-22/h4-16,25H,17-19H2,1-3H3,(H,28,31)/t25-/m0/s1. The van der Waals surface area contributed by atoms with E-state index in [1.54, 1.807) is 11.9 Å². The molecule has 0 aliphatic heterocycles. The Labute approximate surface area is 184 Å². The molecule has 0 saturated heterocycles. The highest BCUT2D eigenvalue weighted by Gasteiger charge is 2.30. The number of benzene rings is 3. The zero-order valence-corrected chi connectivity index (χ0v) is 18.5. The van der Waals surface area contributed by atoms with Gasteiger partial charge in [0.05, 0.1) is 6.42 Å². The molecule has 160 valence electrons. The third kappa shape index (κ3) is 6.05. The number of aryl methyl sites for hydroxylation is 2. The molecule has 0 radical (unpaired) electrons. The number of hydrogen-bond acceptors (Lipinski definition) is 2. The minimum absolute atomic E-state index is 0.0536. The van der Waals surface area contributed by atoms with Gasteiger partial charge < -0.3 is 10.2 Å². The summed E-state index contributed by atoms with van der Waals surface area (Å²) in [6, 6.07) is 25.2. The summed E-state index contributed by atoms with van der Waals surface area (Å²) in [6.45, 7) is 4.43. The van der Waals surface area contributed by atoms with Crippen molar-refractivity contribution in [3.8, 4) is 0 Å². The Morgan fingerprint density at radius 2 is 1.48 bits per heavy atom. The van der Waals surface area contributed by atoms with Gasteiger partial charge in [0, 0.05) is 20.0 Å². The largest absolute Gasteiger partial charge is 0.357 e. The van der Waals surface area contributed by atoms with Crippen molar-refractivity contribution in [2.75, 3.05) is 7.05 Å². The molecular weight excluding hydrogens is 384 g/mol. The van der Waals surface area contributed by atoms with E-state index >= 15 is 0 Å². The van der Waals surface area contributed by atoms with Crippen LogP contribution in [0.3, 0.4) is 0 Å². The zero-order valence-electron chi connectivity index (χ0n) is 18.5. The fourth-order valence-electron chi connectivity index (χ4n) is 3.76. The van der Waals surface area contributed by atoms with Gasteiger partial charge in [-0.05, 0) is 36.1 Å². The Hall–Kier alpha value is -3.40. The molecule has 31 heavy (non-hydrogen) atoms. The maximum Gasteiger partial charge on any atom is 0.242 e. The monoisotopic (exact) mass is 414 g/mol. The number of hydrogen-bond donors (Lipinski definition) is 1. The van der Waals surface area contributed by atoms with Gasteiger partial charge in [-0.1, -0.05) is 84.4 Å². The number of rotatable bonds is 8. The summed E-state index contributed by atoms with van der Waals surface area (Å²) in [5.74, 6) is -0.212. The molecule has 3 aromatic carbocycles. The van der Waals surface area contributed by atoms with Gasteiger partial charge in [0.15, 0.2) is 0 Å². The molecule has 0 aliphatic carbocycles. The first-order valence-corrected chi connectivity index (χ1v) is 10.6. The molecule has 4 nitrogen and oxygen atoms in total. The van der Waals surface area contributed by atoms with Gasteiger partial charge in [-0.3, -0.25) is 9.59 Å². The molecule has 0 unspecified atom stereocenters. The van der Waals surface area contributed by atoms with Crippen LogP contribution in [-0.2, 0) is 29.0 Å². The van der Waals surface area contributed by atoms with Crippen LogP contribution in [0.25, 0.3) is 0 Å². The van der Waals surface area contributed by atoms with Crippen molar-refractivity contribution in [2.45, 2.75) is 39.3 Å². The van der Waals surface area contributed by atoms with Crippen LogP contribution in [0.1, 0.15) is 27.8 Å². The summed E-state index contributed by atoms with van der Waals surface area (Å²) < 4.78 is 0. The third-order valence-electron chi connectivity index (χ3n) is 5.56. The van der Waals surface area contributed by atoms with Crippen LogP contribution in [-0.4, -0.2) is 29.8 Å². The number of nitrogens with one attached hydrogen (secondary N) is 1. The Morgan fingerprint density at radius 3 is 2.10 bits per heavy atom.